The van der Waals surface area contributed by atoms with E-state index in [1.165, 1.54) is 0 Å². The second-order valence-corrected chi connectivity index (χ2v) is 8.15. The molecule has 0 fully saturated rings. The Balaban J connectivity index is 1.42. The van der Waals surface area contributed by atoms with Crippen LogP contribution in [0.4, 0.5) is 5.69 Å². The molecule has 6 heteroatoms. The number of ether oxygens (including phenoxy) is 1. The number of carbonyl (C=O) groups excluding carboxylic acids is 2. The fourth-order valence-electron chi connectivity index (χ4n) is 3.08. The molecule has 0 unspecified atom stereocenters. The van der Waals surface area contributed by atoms with Crippen LogP contribution in [0.25, 0.3) is 10.2 Å². The van der Waals surface area contributed by atoms with Crippen molar-refractivity contribution in [2.75, 3.05) is 11.9 Å². The zero-order chi connectivity index (χ0) is 20.6. The molecule has 1 atom stereocenters. The third-order valence-corrected chi connectivity index (χ3v) is 5.95. The number of hydrogen-bond acceptors (Lipinski definition) is 5. The number of rotatable bonds is 9. The predicted molar refractivity (Wildman–Crippen MR) is 117 cm³/mol. The summed E-state index contributed by atoms with van der Waals surface area (Å²) in [6.45, 7) is 3.96. The minimum absolute atomic E-state index is 0.269. The van der Waals surface area contributed by atoms with Gasteiger partial charge in [-0.25, -0.2) is 4.98 Å². The molecule has 3 rings (SSSR count). The number of fused-ring (bicyclic) bond motifs is 1. The summed E-state index contributed by atoms with van der Waals surface area (Å²) < 4.78 is 6.28. The smallest absolute Gasteiger partial charge is 0.306 e. The molecule has 2 aromatic carbocycles. The van der Waals surface area contributed by atoms with Gasteiger partial charge in [-0.3, -0.25) is 9.59 Å². The summed E-state index contributed by atoms with van der Waals surface area (Å²) in [7, 11) is 0. The lowest BCUT2D eigenvalue weighted by atomic mass is 9.97. The molecule has 1 aromatic heterocycles. The molecule has 0 spiro atoms. The van der Waals surface area contributed by atoms with Gasteiger partial charge in [0.05, 0.1) is 15.2 Å². The van der Waals surface area contributed by atoms with Crippen LogP contribution in [0, 0.1) is 0 Å². The maximum Gasteiger partial charge on any atom is 0.306 e. The van der Waals surface area contributed by atoms with Gasteiger partial charge in [0.2, 0.25) is 0 Å². The van der Waals surface area contributed by atoms with Gasteiger partial charge in [0.15, 0.2) is 6.61 Å². The minimum atomic E-state index is -0.364. The first-order valence-electron chi connectivity index (χ1n) is 9.95. The van der Waals surface area contributed by atoms with Crippen molar-refractivity contribution in [3.05, 3.63) is 59.1 Å². The van der Waals surface area contributed by atoms with Crippen molar-refractivity contribution in [2.24, 2.45) is 0 Å². The molecule has 0 aliphatic rings. The van der Waals surface area contributed by atoms with Gasteiger partial charge in [-0.1, -0.05) is 44.2 Å². The van der Waals surface area contributed by atoms with Gasteiger partial charge in [-0.2, -0.15) is 0 Å². The second-order valence-electron chi connectivity index (χ2n) is 7.03. The number of hydrogen-bond donors (Lipinski definition) is 1. The molecule has 0 bridgehead atoms. The number of aromatic nitrogens is 1. The Morgan fingerprint density at radius 1 is 1.14 bits per heavy atom. The fraction of sp³-hybridized carbons (Fsp3) is 0.348. The normalized spacial score (nSPS) is 11.9. The largest absolute Gasteiger partial charge is 0.456 e. The highest BCUT2D eigenvalue weighted by Crippen LogP contribution is 2.26. The zero-order valence-corrected chi connectivity index (χ0v) is 17.6. The second kappa shape index (κ2) is 10.2. The number of esters is 1. The van der Waals surface area contributed by atoms with Crippen molar-refractivity contribution in [2.45, 2.75) is 45.4 Å². The number of anilines is 1. The maximum atomic E-state index is 12.2. The van der Waals surface area contributed by atoms with E-state index >= 15 is 0 Å². The first-order chi connectivity index (χ1) is 14.1. The first kappa shape index (κ1) is 21.0. The number of benzene rings is 2. The molecule has 152 valence electrons. The Hall–Kier alpha value is -2.73. The van der Waals surface area contributed by atoms with E-state index in [0.29, 0.717) is 12.3 Å². The number of nitrogens with zero attached hydrogens (tertiary/aromatic N) is 1. The van der Waals surface area contributed by atoms with E-state index in [9.17, 15) is 9.59 Å². The summed E-state index contributed by atoms with van der Waals surface area (Å²) in [5, 5.41) is 3.87. The Morgan fingerprint density at radius 3 is 2.69 bits per heavy atom. The molecule has 0 aliphatic carbocycles. The van der Waals surface area contributed by atoms with E-state index in [-0.39, 0.29) is 24.9 Å². The standard InChI is InChI=1S/C23H26N2O3S/c1-3-16(2)17-9-4-5-10-18(17)24-21(26)15-28-23(27)14-8-13-22-25-19-11-6-7-12-20(19)29-22/h4-7,9-12,16H,3,8,13-15H2,1-2H3,(H,24,26)/t16-/m1/s1. The van der Waals surface area contributed by atoms with Crippen molar-refractivity contribution < 1.29 is 14.3 Å². The molecular formula is C23H26N2O3S. The SMILES string of the molecule is CC[C@@H](C)c1ccccc1NC(=O)COC(=O)CCCc1nc2ccccc2s1. The average molecular weight is 411 g/mol. The van der Waals surface area contributed by atoms with Crippen LogP contribution in [0.5, 0.6) is 0 Å². The van der Waals surface area contributed by atoms with E-state index in [0.717, 1.165) is 39.3 Å². The zero-order valence-electron chi connectivity index (χ0n) is 16.8. The number of thiazole rings is 1. The molecule has 0 radical (unpaired) electrons. The van der Waals surface area contributed by atoms with Crippen molar-refractivity contribution in [1.29, 1.82) is 0 Å². The third-order valence-electron chi connectivity index (χ3n) is 4.85. The van der Waals surface area contributed by atoms with Crippen molar-refractivity contribution >= 4 is 39.1 Å². The average Bonchev–Trinajstić information content (AvgIpc) is 3.15. The van der Waals surface area contributed by atoms with Gasteiger partial charge in [0, 0.05) is 12.1 Å². The molecule has 0 aliphatic heterocycles. The number of amides is 1. The lowest BCUT2D eigenvalue weighted by molar-refractivity contribution is -0.147. The summed E-state index contributed by atoms with van der Waals surface area (Å²) in [4.78, 5) is 28.7. The lowest BCUT2D eigenvalue weighted by Gasteiger charge is -2.15. The summed E-state index contributed by atoms with van der Waals surface area (Å²) in [5.74, 6) is -0.340. The molecule has 29 heavy (non-hydrogen) atoms. The topological polar surface area (TPSA) is 68.3 Å². The highest BCUT2D eigenvalue weighted by molar-refractivity contribution is 7.18. The molecular weight excluding hydrogens is 384 g/mol. The van der Waals surface area contributed by atoms with Crippen LogP contribution in [-0.4, -0.2) is 23.5 Å². The van der Waals surface area contributed by atoms with Gasteiger partial charge in [0.1, 0.15) is 0 Å². The van der Waals surface area contributed by atoms with Crippen LogP contribution in [-0.2, 0) is 20.7 Å². The summed E-state index contributed by atoms with van der Waals surface area (Å²) >= 11 is 1.65. The molecule has 0 saturated carbocycles. The predicted octanol–water partition coefficient (Wildman–Crippen LogP) is 5.31. The maximum absolute atomic E-state index is 12.2. The first-order valence-corrected chi connectivity index (χ1v) is 10.8. The number of aryl methyl sites for hydroxylation is 1. The molecule has 5 nitrogen and oxygen atoms in total. The van der Waals surface area contributed by atoms with Gasteiger partial charge in [0.25, 0.3) is 5.91 Å². The Bertz CT molecular complexity index is 950. The molecule has 0 saturated heterocycles. The minimum Gasteiger partial charge on any atom is -0.456 e. The van der Waals surface area contributed by atoms with Crippen LogP contribution in [0.2, 0.25) is 0 Å². The van der Waals surface area contributed by atoms with Gasteiger partial charge < -0.3 is 10.1 Å². The Labute approximate surface area is 175 Å². The monoisotopic (exact) mass is 410 g/mol. The number of nitrogens with one attached hydrogen (secondary N) is 1. The molecule has 3 aromatic rings. The van der Waals surface area contributed by atoms with Crippen molar-refractivity contribution in [3.8, 4) is 0 Å². The van der Waals surface area contributed by atoms with Crippen molar-refractivity contribution in [3.63, 3.8) is 0 Å². The van der Waals surface area contributed by atoms with Crippen LogP contribution >= 0.6 is 11.3 Å². The quantitative estimate of drug-likeness (QED) is 0.485. The van der Waals surface area contributed by atoms with Crippen LogP contribution in [0.15, 0.2) is 48.5 Å². The van der Waals surface area contributed by atoms with E-state index < -0.39 is 0 Å². The van der Waals surface area contributed by atoms with Crippen LogP contribution in [0.3, 0.4) is 0 Å². The molecule has 1 N–H and O–H groups in total. The summed E-state index contributed by atoms with van der Waals surface area (Å²) in [5.41, 5.74) is 2.86. The lowest BCUT2D eigenvalue weighted by Crippen LogP contribution is -2.21. The highest BCUT2D eigenvalue weighted by atomic mass is 32.1. The van der Waals surface area contributed by atoms with Crippen LogP contribution < -0.4 is 5.32 Å². The van der Waals surface area contributed by atoms with Gasteiger partial charge >= 0.3 is 5.97 Å². The van der Waals surface area contributed by atoms with E-state index in [1.807, 2.05) is 48.5 Å². The summed E-state index contributed by atoms with van der Waals surface area (Å²) in [6, 6.07) is 15.7. The van der Waals surface area contributed by atoms with E-state index in [2.05, 4.69) is 24.1 Å². The third kappa shape index (κ3) is 5.87. The van der Waals surface area contributed by atoms with Gasteiger partial charge in [-0.05, 0) is 48.9 Å². The number of carbonyl (C=O) groups is 2. The van der Waals surface area contributed by atoms with E-state index in [1.54, 1.807) is 11.3 Å². The molecule has 1 amide bonds. The van der Waals surface area contributed by atoms with Crippen molar-refractivity contribution in [1.82, 2.24) is 4.98 Å². The van der Waals surface area contributed by atoms with Crippen LogP contribution in [0.1, 0.15) is 49.6 Å². The molecule has 1 heterocycles. The van der Waals surface area contributed by atoms with Gasteiger partial charge in [-0.15, -0.1) is 11.3 Å². The van der Waals surface area contributed by atoms with E-state index in [4.69, 9.17) is 4.74 Å². The number of para-hydroxylation sites is 2. The summed E-state index contributed by atoms with van der Waals surface area (Å²) in [6.07, 6.45) is 2.63. The Kier molecular flexibility index (Phi) is 7.36. The Morgan fingerprint density at radius 2 is 1.90 bits per heavy atom. The highest BCUT2D eigenvalue weighted by Gasteiger charge is 2.13. The fourth-order valence-corrected chi connectivity index (χ4v) is 4.08.